The summed E-state index contributed by atoms with van der Waals surface area (Å²) >= 11 is 0. The maximum absolute atomic E-state index is 10.8. The second-order valence-electron chi connectivity index (χ2n) is 3.81. The molecular formula is C11H13N3O2. The third-order valence-corrected chi connectivity index (χ3v) is 2.60. The van der Waals surface area contributed by atoms with Gasteiger partial charge < -0.3 is 10.4 Å². The molecule has 0 saturated carbocycles. The minimum Gasteiger partial charge on any atom is -0.481 e. The van der Waals surface area contributed by atoms with E-state index in [2.05, 4.69) is 15.3 Å². The summed E-state index contributed by atoms with van der Waals surface area (Å²) in [6.07, 6.45) is 7.39. The minimum absolute atomic E-state index is 0.0245. The Morgan fingerprint density at radius 1 is 1.44 bits per heavy atom. The van der Waals surface area contributed by atoms with Crippen molar-refractivity contribution in [2.75, 3.05) is 5.32 Å². The Balaban J connectivity index is 2.01. The zero-order chi connectivity index (χ0) is 11.5. The summed E-state index contributed by atoms with van der Waals surface area (Å²) in [6.45, 7) is 1.86. The van der Waals surface area contributed by atoms with Crippen molar-refractivity contribution < 1.29 is 9.90 Å². The van der Waals surface area contributed by atoms with E-state index >= 15 is 0 Å². The summed E-state index contributed by atoms with van der Waals surface area (Å²) in [5, 5.41) is 12.0. The van der Waals surface area contributed by atoms with Crippen molar-refractivity contribution in [1.82, 2.24) is 9.97 Å². The van der Waals surface area contributed by atoms with Gasteiger partial charge in [0.05, 0.1) is 11.6 Å². The topological polar surface area (TPSA) is 75.1 Å². The normalized spacial score (nSPS) is 23.3. The van der Waals surface area contributed by atoms with E-state index in [-0.39, 0.29) is 6.04 Å². The lowest BCUT2D eigenvalue weighted by molar-refractivity contribution is -0.140. The molecule has 1 aliphatic carbocycles. The lowest BCUT2D eigenvalue weighted by Crippen LogP contribution is -2.20. The lowest BCUT2D eigenvalue weighted by atomic mass is 10.1. The van der Waals surface area contributed by atoms with Crippen LogP contribution in [0.2, 0.25) is 0 Å². The molecule has 5 nitrogen and oxygen atoms in total. The molecule has 2 N–H and O–H groups in total. The second-order valence-corrected chi connectivity index (χ2v) is 3.81. The van der Waals surface area contributed by atoms with Gasteiger partial charge in [0.1, 0.15) is 5.82 Å². The molecule has 2 rings (SSSR count). The molecule has 16 heavy (non-hydrogen) atoms. The van der Waals surface area contributed by atoms with Crippen molar-refractivity contribution in [3.63, 3.8) is 0 Å². The molecule has 2 unspecified atom stereocenters. The monoisotopic (exact) mass is 219 g/mol. The highest BCUT2D eigenvalue weighted by Crippen LogP contribution is 2.21. The molecule has 0 saturated heterocycles. The third kappa shape index (κ3) is 2.18. The molecule has 0 bridgehead atoms. The molecule has 0 radical (unpaired) electrons. The summed E-state index contributed by atoms with van der Waals surface area (Å²) in [4.78, 5) is 19.0. The van der Waals surface area contributed by atoms with Crippen molar-refractivity contribution in [2.45, 2.75) is 19.4 Å². The minimum atomic E-state index is -0.781. The highest BCUT2D eigenvalue weighted by molar-refractivity contribution is 5.73. The van der Waals surface area contributed by atoms with Gasteiger partial charge in [-0.2, -0.15) is 0 Å². The number of hydrogen-bond acceptors (Lipinski definition) is 4. The molecule has 84 valence electrons. The van der Waals surface area contributed by atoms with Gasteiger partial charge >= 0.3 is 5.97 Å². The standard InChI is InChI=1S/C11H13N3O2/c1-7-10(13-5-4-12-7)14-9-3-2-8(6-9)11(15)16/h2-5,8-9H,6H2,1H3,(H,13,14)(H,15,16). The third-order valence-electron chi connectivity index (χ3n) is 2.60. The number of aliphatic carboxylic acids is 1. The van der Waals surface area contributed by atoms with E-state index < -0.39 is 11.9 Å². The largest absolute Gasteiger partial charge is 0.481 e. The van der Waals surface area contributed by atoms with Crippen LogP contribution in [-0.2, 0) is 4.79 Å². The van der Waals surface area contributed by atoms with Crippen LogP contribution in [0.5, 0.6) is 0 Å². The van der Waals surface area contributed by atoms with E-state index in [1.807, 2.05) is 13.0 Å². The van der Waals surface area contributed by atoms with Crippen LogP contribution in [-0.4, -0.2) is 27.1 Å². The van der Waals surface area contributed by atoms with Crippen LogP contribution in [0, 0.1) is 12.8 Å². The molecule has 0 amide bonds. The van der Waals surface area contributed by atoms with Gasteiger partial charge in [-0.3, -0.25) is 9.78 Å². The number of nitrogens with one attached hydrogen (secondary N) is 1. The van der Waals surface area contributed by atoms with Crippen LogP contribution in [0.3, 0.4) is 0 Å². The number of carboxylic acids is 1. The molecule has 1 aliphatic rings. The SMILES string of the molecule is Cc1nccnc1NC1C=CC(C(=O)O)C1. The molecule has 1 aromatic heterocycles. The molecular weight excluding hydrogens is 206 g/mol. The maximum Gasteiger partial charge on any atom is 0.310 e. The summed E-state index contributed by atoms with van der Waals surface area (Å²) in [7, 11) is 0. The van der Waals surface area contributed by atoms with Crippen molar-refractivity contribution in [2.24, 2.45) is 5.92 Å². The highest BCUT2D eigenvalue weighted by Gasteiger charge is 2.24. The first-order valence-electron chi connectivity index (χ1n) is 5.12. The van der Waals surface area contributed by atoms with Crippen LogP contribution in [0.1, 0.15) is 12.1 Å². The van der Waals surface area contributed by atoms with E-state index in [4.69, 9.17) is 5.11 Å². The summed E-state index contributed by atoms with van der Waals surface area (Å²) in [6, 6.07) is 0.0245. The molecule has 0 aliphatic heterocycles. The molecule has 0 aromatic carbocycles. The molecule has 1 aromatic rings. The Labute approximate surface area is 93.2 Å². The van der Waals surface area contributed by atoms with E-state index in [0.29, 0.717) is 12.2 Å². The van der Waals surface area contributed by atoms with Crippen molar-refractivity contribution in [1.29, 1.82) is 0 Å². The van der Waals surface area contributed by atoms with Crippen molar-refractivity contribution in [3.05, 3.63) is 30.2 Å². The Morgan fingerprint density at radius 3 is 2.81 bits per heavy atom. The number of anilines is 1. The molecule has 1 heterocycles. The maximum atomic E-state index is 10.8. The predicted octanol–water partition coefficient (Wildman–Crippen LogP) is 1.23. The Bertz CT molecular complexity index is 431. The molecule has 0 spiro atoms. The van der Waals surface area contributed by atoms with E-state index in [1.54, 1.807) is 18.5 Å². The zero-order valence-corrected chi connectivity index (χ0v) is 8.92. The average Bonchev–Trinajstić information content (AvgIpc) is 2.70. The number of hydrogen-bond donors (Lipinski definition) is 2. The van der Waals surface area contributed by atoms with Crippen LogP contribution in [0.15, 0.2) is 24.5 Å². The molecule has 0 fully saturated rings. The fourth-order valence-electron chi connectivity index (χ4n) is 1.71. The Hall–Kier alpha value is -1.91. The number of rotatable bonds is 3. The number of carboxylic acid groups (broad SMARTS) is 1. The van der Waals surface area contributed by atoms with E-state index in [9.17, 15) is 4.79 Å². The van der Waals surface area contributed by atoms with Gasteiger partial charge in [0.25, 0.3) is 0 Å². The van der Waals surface area contributed by atoms with Crippen LogP contribution < -0.4 is 5.32 Å². The van der Waals surface area contributed by atoms with Crippen LogP contribution >= 0.6 is 0 Å². The van der Waals surface area contributed by atoms with Crippen LogP contribution in [0.4, 0.5) is 5.82 Å². The highest BCUT2D eigenvalue weighted by atomic mass is 16.4. The van der Waals surface area contributed by atoms with Gasteiger partial charge in [-0.15, -0.1) is 0 Å². The van der Waals surface area contributed by atoms with Gasteiger partial charge in [0.2, 0.25) is 0 Å². The number of carbonyl (C=O) groups is 1. The number of aryl methyl sites for hydroxylation is 1. The van der Waals surface area contributed by atoms with Gasteiger partial charge in [-0.1, -0.05) is 12.2 Å². The summed E-state index contributed by atoms with van der Waals surface area (Å²) in [5.41, 5.74) is 0.815. The zero-order valence-electron chi connectivity index (χ0n) is 8.92. The second kappa shape index (κ2) is 4.30. The molecule has 5 heteroatoms. The van der Waals surface area contributed by atoms with E-state index in [0.717, 1.165) is 5.69 Å². The first kappa shape index (κ1) is 10.6. The molecule has 2 atom stereocenters. The first-order valence-corrected chi connectivity index (χ1v) is 5.12. The van der Waals surface area contributed by atoms with Gasteiger partial charge in [0.15, 0.2) is 0 Å². The predicted molar refractivity (Wildman–Crippen MR) is 59.1 cm³/mol. The first-order chi connectivity index (χ1) is 7.66. The van der Waals surface area contributed by atoms with Gasteiger partial charge in [-0.25, -0.2) is 4.98 Å². The van der Waals surface area contributed by atoms with E-state index in [1.165, 1.54) is 0 Å². The summed E-state index contributed by atoms with van der Waals surface area (Å²) < 4.78 is 0. The van der Waals surface area contributed by atoms with Crippen molar-refractivity contribution >= 4 is 11.8 Å². The fraction of sp³-hybridized carbons (Fsp3) is 0.364. The average molecular weight is 219 g/mol. The number of aromatic nitrogens is 2. The Kier molecular flexibility index (Phi) is 2.85. The fourth-order valence-corrected chi connectivity index (χ4v) is 1.71. The van der Waals surface area contributed by atoms with Gasteiger partial charge in [-0.05, 0) is 13.3 Å². The summed E-state index contributed by atoms with van der Waals surface area (Å²) in [5.74, 6) is -0.464. The Morgan fingerprint density at radius 2 is 2.19 bits per heavy atom. The quantitative estimate of drug-likeness (QED) is 0.748. The smallest absolute Gasteiger partial charge is 0.310 e. The number of nitrogens with zero attached hydrogens (tertiary/aromatic N) is 2. The lowest BCUT2D eigenvalue weighted by Gasteiger charge is -2.13. The van der Waals surface area contributed by atoms with Gasteiger partial charge in [0, 0.05) is 18.4 Å². The van der Waals surface area contributed by atoms with Crippen LogP contribution in [0.25, 0.3) is 0 Å². The van der Waals surface area contributed by atoms with Crippen molar-refractivity contribution in [3.8, 4) is 0 Å².